The quantitative estimate of drug-likeness (QED) is 0.0199. The summed E-state index contributed by atoms with van der Waals surface area (Å²) in [5.74, 6) is -0.284. The zero-order chi connectivity index (χ0) is 69.6. The van der Waals surface area contributed by atoms with Crippen molar-refractivity contribution in [2.24, 2.45) is 0 Å². The van der Waals surface area contributed by atoms with Crippen molar-refractivity contribution in [1.29, 1.82) is 0 Å². The highest BCUT2D eigenvalue weighted by molar-refractivity contribution is 5.76. The minimum atomic E-state index is -1.98. The minimum Gasteiger partial charge on any atom is -0.394 e. The minimum absolute atomic E-state index is 0.236. The van der Waals surface area contributed by atoms with Crippen molar-refractivity contribution >= 4 is 5.91 Å². The SMILES string of the molecule is CCCCCCCCCCCCCCCCCCCCCCC/C=C/CC/C=C/CC/C=C/C(O)C(COC1OC(CO)C(OC2OC(CO)C(OC3OC(CO)C(O)C(O)C3O)C(O)C2O)C(O)C1O)NC(=O)CCCCCCCCCCCCCCCCCCCCCC. The van der Waals surface area contributed by atoms with Crippen LogP contribution < -0.4 is 5.32 Å². The van der Waals surface area contributed by atoms with Crippen LogP contribution in [0.5, 0.6) is 0 Å². The second-order valence-electron chi connectivity index (χ2n) is 28.2. The lowest BCUT2D eigenvalue weighted by Crippen LogP contribution is -2.66. The van der Waals surface area contributed by atoms with E-state index in [4.69, 9.17) is 28.4 Å². The molecule has 0 aromatic rings. The summed E-state index contributed by atoms with van der Waals surface area (Å²) in [6.07, 6.45) is 44.3. The maximum atomic E-state index is 13.4. The van der Waals surface area contributed by atoms with Gasteiger partial charge in [0, 0.05) is 6.42 Å². The Morgan fingerprint density at radius 2 is 0.667 bits per heavy atom. The van der Waals surface area contributed by atoms with Crippen molar-refractivity contribution in [3.63, 3.8) is 0 Å². The number of hydrogen-bond acceptors (Lipinski definition) is 18. The van der Waals surface area contributed by atoms with Gasteiger partial charge in [-0.2, -0.15) is 0 Å². The van der Waals surface area contributed by atoms with E-state index >= 15 is 0 Å². The van der Waals surface area contributed by atoms with E-state index in [9.17, 15) is 61.0 Å². The van der Waals surface area contributed by atoms with Gasteiger partial charge in [0.15, 0.2) is 18.9 Å². The summed E-state index contributed by atoms with van der Waals surface area (Å²) in [5, 5.41) is 121. The van der Waals surface area contributed by atoms with E-state index < -0.39 is 124 Å². The molecule has 0 radical (unpaired) electrons. The van der Waals surface area contributed by atoms with Crippen molar-refractivity contribution in [1.82, 2.24) is 5.32 Å². The number of carbonyl (C=O) groups excluding carboxylic acids is 1. The van der Waals surface area contributed by atoms with E-state index in [1.54, 1.807) is 6.08 Å². The Kier molecular flexibility index (Phi) is 53.8. The molecule has 0 saturated carbocycles. The van der Waals surface area contributed by atoms with E-state index in [2.05, 4.69) is 43.5 Å². The topological polar surface area (TPSA) is 307 Å². The lowest BCUT2D eigenvalue weighted by Gasteiger charge is -2.48. The van der Waals surface area contributed by atoms with Gasteiger partial charge in [-0.25, -0.2) is 0 Å². The van der Waals surface area contributed by atoms with Crippen LogP contribution in [0.2, 0.25) is 0 Å². The summed E-state index contributed by atoms with van der Waals surface area (Å²) in [6.45, 7) is 1.76. The molecule has 3 heterocycles. The fourth-order valence-corrected chi connectivity index (χ4v) is 13.3. The fourth-order valence-electron chi connectivity index (χ4n) is 13.3. The number of hydrogen-bond donors (Lipinski definition) is 12. The van der Waals surface area contributed by atoms with Gasteiger partial charge in [0.2, 0.25) is 5.91 Å². The van der Waals surface area contributed by atoms with Crippen LogP contribution in [0.25, 0.3) is 0 Å². The first-order valence-electron chi connectivity index (χ1n) is 39.2. The third kappa shape index (κ3) is 38.9. The van der Waals surface area contributed by atoms with Crippen molar-refractivity contribution in [3.05, 3.63) is 36.5 Å². The first-order chi connectivity index (χ1) is 46.8. The molecule has 0 aromatic carbocycles. The highest BCUT2D eigenvalue weighted by Crippen LogP contribution is 2.33. The number of aliphatic hydroxyl groups is 11. The van der Waals surface area contributed by atoms with Crippen LogP contribution in [-0.2, 0) is 33.2 Å². The summed E-state index contributed by atoms with van der Waals surface area (Å²) in [7, 11) is 0. The van der Waals surface area contributed by atoms with Crippen LogP contribution in [-0.4, -0.2) is 193 Å². The average Bonchev–Trinajstić information content (AvgIpc) is 0.785. The normalized spacial score (nSPS) is 27.2. The standard InChI is InChI=1S/C77H143NO18/c1-3-5-7-9-11-13-15-17-19-21-23-25-26-27-28-29-30-31-32-33-34-35-36-38-40-42-44-46-48-50-52-54-61(82)60(78-65(83)55-53-51-49-47-45-43-41-39-37-24-22-20-18-16-14-12-10-8-6-4-2)59-91-75-71(89)68(86)73(63(57-80)93-75)96-77-72(90)69(87)74(64(58-81)94-77)95-76-70(88)67(85)66(84)62(56-79)92-76/h36,38,44,46,52,54,60-64,66-77,79-82,84-90H,3-35,37,39-43,45,47-51,53,55-59H2,1-2H3,(H,78,83)/b38-36+,46-44+,54-52+. The van der Waals surface area contributed by atoms with Crippen molar-refractivity contribution < 1.29 is 89.4 Å². The highest BCUT2D eigenvalue weighted by atomic mass is 16.8. The van der Waals surface area contributed by atoms with Gasteiger partial charge in [-0.05, 0) is 44.9 Å². The molecular formula is C77H143NO18. The van der Waals surface area contributed by atoms with Crippen LogP contribution >= 0.6 is 0 Å². The Morgan fingerprint density at radius 3 is 1.04 bits per heavy atom. The lowest BCUT2D eigenvalue weighted by molar-refractivity contribution is -0.379. The lowest BCUT2D eigenvalue weighted by atomic mass is 9.96. The smallest absolute Gasteiger partial charge is 0.220 e. The number of unbranched alkanes of at least 4 members (excludes halogenated alkanes) is 42. The second kappa shape index (κ2) is 58.5. The zero-order valence-corrected chi connectivity index (χ0v) is 60.1. The van der Waals surface area contributed by atoms with E-state index in [-0.39, 0.29) is 18.9 Å². The summed E-state index contributed by atoms with van der Waals surface area (Å²) < 4.78 is 34.4. The predicted octanol–water partition coefficient (Wildman–Crippen LogP) is 12.3. The van der Waals surface area contributed by atoms with Gasteiger partial charge in [0.05, 0.1) is 38.6 Å². The number of rotatable bonds is 62. The third-order valence-electron chi connectivity index (χ3n) is 19.7. The number of carbonyl (C=O) groups is 1. The van der Waals surface area contributed by atoms with E-state index in [1.165, 1.54) is 238 Å². The number of ether oxygens (including phenoxy) is 6. The van der Waals surface area contributed by atoms with Gasteiger partial charge in [-0.15, -0.1) is 0 Å². The molecule has 3 aliphatic rings. The summed E-state index contributed by atoms with van der Waals surface area (Å²) in [4.78, 5) is 13.4. The number of nitrogens with one attached hydrogen (secondary N) is 1. The van der Waals surface area contributed by atoms with Crippen LogP contribution in [0.1, 0.15) is 316 Å². The van der Waals surface area contributed by atoms with Crippen LogP contribution in [0.4, 0.5) is 0 Å². The average molecular weight is 1370 g/mol. The molecule has 3 rings (SSSR count). The Morgan fingerprint density at radius 1 is 0.365 bits per heavy atom. The maximum absolute atomic E-state index is 13.4. The van der Waals surface area contributed by atoms with Crippen LogP contribution in [0, 0.1) is 0 Å². The maximum Gasteiger partial charge on any atom is 0.220 e. The third-order valence-corrected chi connectivity index (χ3v) is 19.7. The summed E-state index contributed by atoms with van der Waals surface area (Å²) in [5.41, 5.74) is 0. The number of allylic oxidation sites excluding steroid dienone is 5. The summed E-state index contributed by atoms with van der Waals surface area (Å²) in [6, 6.07) is -0.995. The van der Waals surface area contributed by atoms with Gasteiger partial charge in [0.25, 0.3) is 0 Å². The molecule has 0 bridgehead atoms. The fraction of sp³-hybridized carbons (Fsp3) is 0.909. The first-order valence-corrected chi connectivity index (χ1v) is 39.2. The molecule has 564 valence electrons. The van der Waals surface area contributed by atoms with Crippen LogP contribution in [0.15, 0.2) is 36.5 Å². The van der Waals surface area contributed by atoms with Gasteiger partial charge >= 0.3 is 0 Å². The molecule has 1 amide bonds. The van der Waals surface area contributed by atoms with Gasteiger partial charge in [-0.3, -0.25) is 4.79 Å². The molecular weight excluding hydrogens is 1230 g/mol. The number of amides is 1. The molecule has 3 aliphatic heterocycles. The Bertz CT molecular complexity index is 1880. The highest BCUT2D eigenvalue weighted by Gasteiger charge is 2.53. The van der Waals surface area contributed by atoms with Gasteiger partial charge < -0.3 is 89.9 Å². The molecule has 0 aliphatic carbocycles. The summed E-state index contributed by atoms with van der Waals surface area (Å²) >= 11 is 0. The molecule has 12 N–H and O–H groups in total. The Balaban J connectivity index is 1.40. The monoisotopic (exact) mass is 1370 g/mol. The Labute approximate surface area is 581 Å². The molecule has 96 heavy (non-hydrogen) atoms. The zero-order valence-electron chi connectivity index (χ0n) is 60.1. The number of aliphatic hydroxyl groups excluding tert-OH is 11. The first kappa shape index (κ1) is 88.2. The molecule has 3 fully saturated rings. The van der Waals surface area contributed by atoms with Crippen molar-refractivity contribution in [2.45, 2.75) is 420 Å². The molecule has 17 unspecified atom stereocenters. The molecule has 0 aromatic heterocycles. The Hall–Kier alpha value is -1.99. The van der Waals surface area contributed by atoms with Crippen molar-refractivity contribution in [2.75, 3.05) is 26.4 Å². The molecule has 0 spiro atoms. The van der Waals surface area contributed by atoms with E-state index in [1.807, 2.05) is 6.08 Å². The van der Waals surface area contributed by atoms with E-state index in [0.717, 1.165) is 44.9 Å². The molecule has 3 saturated heterocycles. The van der Waals surface area contributed by atoms with Gasteiger partial charge in [-0.1, -0.05) is 301 Å². The molecule has 19 nitrogen and oxygen atoms in total. The second-order valence-corrected chi connectivity index (χ2v) is 28.2. The van der Waals surface area contributed by atoms with Gasteiger partial charge in [0.1, 0.15) is 73.2 Å². The predicted molar refractivity (Wildman–Crippen MR) is 379 cm³/mol. The largest absolute Gasteiger partial charge is 0.394 e. The van der Waals surface area contributed by atoms with E-state index in [0.29, 0.717) is 12.8 Å². The molecule has 17 atom stereocenters. The van der Waals surface area contributed by atoms with Crippen molar-refractivity contribution in [3.8, 4) is 0 Å². The van der Waals surface area contributed by atoms with Crippen LogP contribution in [0.3, 0.4) is 0 Å². The molecule has 19 heteroatoms.